The van der Waals surface area contributed by atoms with Crippen LogP contribution in [0.2, 0.25) is 0 Å². The summed E-state index contributed by atoms with van der Waals surface area (Å²) in [5, 5.41) is 40.1. The van der Waals surface area contributed by atoms with E-state index in [0.717, 1.165) is 70.6 Å². The zero-order valence-corrected chi connectivity index (χ0v) is 36.8. The molecule has 1 aliphatic heterocycles. The molecular weight excluding hydrogens is 773 g/mol. The lowest BCUT2D eigenvalue weighted by Gasteiger charge is -2.39. The summed E-state index contributed by atoms with van der Waals surface area (Å²) in [6, 6.07) is 0. The average molecular weight is 849 g/mol. The second-order valence-electron chi connectivity index (χ2n) is 14.4. The fourth-order valence-electron chi connectivity index (χ4n) is 5.60. The van der Waals surface area contributed by atoms with Crippen LogP contribution in [0.25, 0.3) is 0 Å². The Labute approximate surface area is 366 Å². The Morgan fingerprint density at radius 2 is 0.918 bits per heavy atom. The normalized spacial score (nSPS) is 21.0. The van der Waals surface area contributed by atoms with E-state index in [2.05, 4.69) is 129 Å². The summed E-state index contributed by atoms with van der Waals surface area (Å²) >= 11 is 0. The quantitative estimate of drug-likeness (QED) is 0.0280. The van der Waals surface area contributed by atoms with Gasteiger partial charge in [-0.05, 0) is 89.9 Å². The van der Waals surface area contributed by atoms with Crippen LogP contribution in [0.4, 0.5) is 0 Å². The molecule has 1 heterocycles. The first-order valence-corrected chi connectivity index (χ1v) is 22.3. The Balaban J connectivity index is 2.45. The summed E-state index contributed by atoms with van der Waals surface area (Å²) < 4.78 is 22.0. The van der Waals surface area contributed by atoms with Crippen molar-refractivity contribution in [3.8, 4) is 0 Å². The predicted molar refractivity (Wildman–Crippen MR) is 246 cm³/mol. The molecule has 0 radical (unpaired) electrons. The van der Waals surface area contributed by atoms with Crippen molar-refractivity contribution in [1.82, 2.24) is 0 Å². The Hall–Kier alpha value is -4.16. The Kier molecular flexibility index (Phi) is 35.9. The highest BCUT2D eigenvalue weighted by atomic mass is 16.7. The van der Waals surface area contributed by atoms with Gasteiger partial charge in [0, 0.05) is 12.8 Å². The molecule has 1 fully saturated rings. The lowest BCUT2D eigenvalue weighted by atomic mass is 9.99. The standard InChI is InChI=1S/C51H76O10/c1-3-5-7-9-11-13-15-17-19-21-22-24-26-28-30-32-34-36-38-40-47(54)60-44(43-59-51-50(57)49(56)48(55)45(41-52)61-51)42-58-46(53)39-37-35-33-31-29-27-25-23-20-18-16-14-12-10-8-6-4-2/h5-8,11-14,17-20,22,24-25,27-28,30-31,33-34,36,44-45,48-52,55-57H,3-4,9-10,15-16,21,23,26,29,32,35,37-43H2,1-2H3/b7-5+,8-6+,13-11+,14-12+,19-17+,20-18+,24-22+,27-25+,30-28+,33-31+,36-34+/t44-,45-,48+,49?,50?,51-/m1/s1. The maximum atomic E-state index is 12.7. The van der Waals surface area contributed by atoms with Gasteiger partial charge in [0.25, 0.3) is 0 Å². The molecule has 0 spiro atoms. The molecule has 0 aliphatic carbocycles. The van der Waals surface area contributed by atoms with Gasteiger partial charge >= 0.3 is 11.9 Å². The van der Waals surface area contributed by atoms with Gasteiger partial charge < -0.3 is 39.4 Å². The molecule has 1 aliphatic rings. The van der Waals surface area contributed by atoms with E-state index in [0.29, 0.717) is 19.3 Å². The molecular formula is C51H76O10. The molecule has 1 rings (SSSR count). The average Bonchev–Trinajstić information content (AvgIpc) is 3.26. The zero-order valence-electron chi connectivity index (χ0n) is 36.8. The number of rotatable bonds is 34. The van der Waals surface area contributed by atoms with E-state index in [9.17, 15) is 30.0 Å². The van der Waals surface area contributed by atoms with Crippen molar-refractivity contribution in [2.75, 3.05) is 19.8 Å². The second-order valence-corrected chi connectivity index (χ2v) is 14.4. The molecule has 0 aromatic rings. The number of hydrogen-bond donors (Lipinski definition) is 4. The van der Waals surface area contributed by atoms with Crippen LogP contribution in [0.15, 0.2) is 134 Å². The van der Waals surface area contributed by atoms with Crippen molar-refractivity contribution >= 4 is 11.9 Å². The van der Waals surface area contributed by atoms with Crippen molar-refractivity contribution < 1.29 is 49.0 Å². The summed E-state index contributed by atoms with van der Waals surface area (Å²) in [5.41, 5.74) is 0. The molecule has 61 heavy (non-hydrogen) atoms. The number of aliphatic hydroxyl groups excluding tert-OH is 4. The third-order valence-electron chi connectivity index (χ3n) is 9.04. The molecule has 1 saturated heterocycles. The van der Waals surface area contributed by atoms with Crippen LogP contribution in [-0.4, -0.2) is 89.0 Å². The van der Waals surface area contributed by atoms with Gasteiger partial charge in [0.05, 0.1) is 13.2 Å². The summed E-state index contributed by atoms with van der Waals surface area (Å²) in [4.78, 5) is 25.3. The fraction of sp³-hybridized carbons (Fsp3) is 0.529. The minimum absolute atomic E-state index is 0.0832. The Morgan fingerprint density at radius 1 is 0.508 bits per heavy atom. The highest BCUT2D eigenvalue weighted by Gasteiger charge is 2.44. The fourth-order valence-corrected chi connectivity index (χ4v) is 5.60. The van der Waals surface area contributed by atoms with E-state index in [4.69, 9.17) is 18.9 Å². The number of esters is 2. The van der Waals surface area contributed by atoms with Gasteiger partial charge in [-0.25, -0.2) is 0 Å². The van der Waals surface area contributed by atoms with Crippen LogP contribution in [0, 0.1) is 0 Å². The van der Waals surface area contributed by atoms with Crippen molar-refractivity contribution in [3.63, 3.8) is 0 Å². The zero-order chi connectivity index (χ0) is 44.4. The van der Waals surface area contributed by atoms with E-state index < -0.39 is 55.4 Å². The number of hydrogen-bond acceptors (Lipinski definition) is 10. The first-order chi connectivity index (χ1) is 29.8. The van der Waals surface area contributed by atoms with E-state index in [1.165, 1.54) is 0 Å². The van der Waals surface area contributed by atoms with Gasteiger partial charge in [-0.2, -0.15) is 0 Å². The summed E-state index contributed by atoms with van der Waals surface area (Å²) in [6.45, 7) is 3.03. The Morgan fingerprint density at radius 3 is 1.34 bits per heavy atom. The SMILES string of the molecule is CC/C=C/C/C=C/C/C=C/C/C=C/C/C=C/C/C=C/CCC(=O)O[C@H](COC(=O)CCC/C=C/C/C=C/C/C=C/C/C=C/C/C=C/CC)CO[C@@H]1O[C@H](CO)[C@H](O)C(O)C1O. The van der Waals surface area contributed by atoms with Crippen LogP contribution in [0.5, 0.6) is 0 Å². The van der Waals surface area contributed by atoms with Gasteiger partial charge in [0.2, 0.25) is 0 Å². The first kappa shape index (κ1) is 54.9. The molecule has 0 bridgehead atoms. The van der Waals surface area contributed by atoms with Gasteiger partial charge in [-0.3, -0.25) is 9.59 Å². The van der Waals surface area contributed by atoms with Crippen molar-refractivity contribution in [2.45, 2.75) is 153 Å². The number of aliphatic hydroxyl groups is 4. The minimum atomic E-state index is -1.63. The predicted octanol–water partition coefficient (Wildman–Crippen LogP) is 9.66. The van der Waals surface area contributed by atoms with Gasteiger partial charge in [-0.15, -0.1) is 0 Å². The molecule has 10 nitrogen and oxygen atoms in total. The molecule has 0 aromatic heterocycles. The number of carbonyl (C=O) groups is 2. The third-order valence-corrected chi connectivity index (χ3v) is 9.04. The number of carbonyl (C=O) groups excluding carboxylic acids is 2. The number of allylic oxidation sites excluding steroid dienone is 22. The van der Waals surface area contributed by atoms with Crippen LogP contribution in [0.1, 0.15) is 117 Å². The molecule has 340 valence electrons. The molecule has 0 saturated carbocycles. The van der Waals surface area contributed by atoms with Crippen LogP contribution < -0.4 is 0 Å². The molecule has 4 N–H and O–H groups in total. The summed E-state index contributed by atoms with van der Waals surface area (Å²) in [6.07, 6.45) is 50.4. The van der Waals surface area contributed by atoms with Crippen LogP contribution >= 0.6 is 0 Å². The highest BCUT2D eigenvalue weighted by Crippen LogP contribution is 2.22. The Bertz CT molecular complexity index is 1440. The molecule has 2 unspecified atom stereocenters. The minimum Gasteiger partial charge on any atom is -0.462 e. The monoisotopic (exact) mass is 849 g/mol. The van der Waals surface area contributed by atoms with Gasteiger partial charge in [0.15, 0.2) is 12.4 Å². The largest absolute Gasteiger partial charge is 0.462 e. The van der Waals surface area contributed by atoms with Crippen LogP contribution in [-0.2, 0) is 28.5 Å². The molecule has 6 atom stereocenters. The smallest absolute Gasteiger partial charge is 0.306 e. The van der Waals surface area contributed by atoms with E-state index in [1.807, 2.05) is 18.2 Å². The van der Waals surface area contributed by atoms with E-state index in [-0.39, 0.29) is 26.1 Å². The topological polar surface area (TPSA) is 152 Å². The molecule has 0 aromatic carbocycles. The maximum absolute atomic E-state index is 12.7. The second kappa shape index (κ2) is 39.9. The van der Waals surface area contributed by atoms with Gasteiger partial charge in [0.1, 0.15) is 31.0 Å². The van der Waals surface area contributed by atoms with Crippen molar-refractivity contribution in [1.29, 1.82) is 0 Å². The van der Waals surface area contributed by atoms with Crippen LogP contribution in [0.3, 0.4) is 0 Å². The third kappa shape index (κ3) is 31.4. The lowest BCUT2D eigenvalue weighted by molar-refractivity contribution is -0.305. The molecule has 0 amide bonds. The maximum Gasteiger partial charge on any atom is 0.306 e. The lowest BCUT2D eigenvalue weighted by Crippen LogP contribution is -2.59. The van der Waals surface area contributed by atoms with Crippen molar-refractivity contribution in [2.24, 2.45) is 0 Å². The van der Waals surface area contributed by atoms with E-state index >= 15 is 0 Å². The molecule has 10 heteroatoms. The number of ether oxygens (including phenoxy) is 4. The van der Waals surface area contributed by atoms with Gasteiger partial charge in [-0.1, -0.05) is 148 Å². The number of unbranched alkanes of at least 4 members (excludes halogenated alkanes) is 1. The van der Waals surface area contributed by atoms with E-state index in [1.54, 1.807) is 0 Å². The van der Waals surface area contributed by atoms with Crippen molar-refractivity contribution in [3.05, 3.63) is 134 Å². The first-order valence-electron chi connectivity index (χ1n) is 22.3. The summed E-state index contributed by atoms with van der Waals surface area (Å²) in [7, 11) is 0. The summed E-state index contributed by atoms with van der Waals surface area (Å²) in [5.74, 6) is -0.990. The highest BCUT2D eigenvalue weighted by molar-refractivity contribution is 5.70.